The molecule has 1 aromatic heterocycles. The molecule has 0 atom stereocenters. The third kappa shape index (κ3) is 4.52. The Morgan fingerprint density at radius 2 is 1.64 bits per heavy atom. The van der Waals surface area contributed by atoms with Crippen molar-refractivity contribution in [1.29, 1.82) is 0 Å². The highest BCUT2D eigenvalue weighted by Gasteiger charge is 2.04. The highest BCUT2D eigenvalue weighted by molar-refractivity contribution is 7.16. The van der Waals surface area contributed by atoms with E-state index in [1.54, 1.807) is 41.7 Å². The molecule has 25 heavy (non-hydrogen) atoms. The lowest BCUT2D eigenvalue weighted by atomic mass is 10.1. The van der Waals surface area contributed by atoms with Gasteiger partial charge in [-0.1, -0.05) is 30.3 Å². The Balaban J connectivity index is 1.63. The largest absolute Gasteiger partial charge is 0.423 e. The first-order valence-corrected chi connectivity index (χ1v) is 8.59. The van der Waals surface area contributed by atoms with Gasteiger partial charge in [-0.15, -0.1) is 11.3 Å². The Labute approximate surface area is 150 Å². The van der Waals surface area contributed by atoms with Crippen molar-refractivity contribution < 1.29 is 14.3 Å². The van der Waals surface area contributed by atoms with E-state index in [0.29, 0.717) is 11.3 Å². The van der Waals surface area contributed by atoms with E-state index < -0.39 is 5.97 Å². The zero-order chi connectivity index (χ0) is 17.6. The monoisotopic (exact) mass is 348 g/mol. The van der Waals surface area contributed by atoms with Gasteiger partial charge in [0.2, 0.25) is 0 Å². The Kier molecular flexibility index (Phi) is 5.21. The molecule has 3 rings (SSSR count). The fraction of sp³-hybridized carbons (Fsp3) is 0.0476. The fourth-order valence-electron chi connectivity index (χ4n) is 2.26. The maximum atomic E-state index is 11.9. The number of ketones is 1. The van der Waals surface area contributed by atoms with Gasteiger partial charge >= 0.3 is 5.97 Å². The van der Waals surface area contributed by atoms with Crippen LogP contribution in [-0.2, 0) is 4.79 Å². The molecule has 0 saturated heterocycles. The smallest absolute Gasteiger partial charge is 0.336 e. The average Bonchev–Trinajstić information content (AvgIpc) is 3.10. The van der Waals surface area contributed by atoms with E-state index in [-0.39, 0.29) is 5.78 Å². The minimum absolute atomic E-state index is 0.0234. The summed E-state index contributed by atoms with van der Waals surface area (Å²) in [5.41, 5.74) is 1.74. The predicted molar refractivity (Wildman–Crippen MR) is 101 cm³/mol. The normalized spacial score (nSPS) is 10.8. The van der Waals surface area contributed by atoms with Crippen LogP contribution in [0.2, 0.25) is 0 Å². The number of hydrogen-bond acceptors (Lipinski definition) is 4. The van der Waals surface area contributed by atoms with Crippen molar-refractivity contribution in [1.82, 2.24) is 0 Å². The van der Waals surface area contributed by atoms with Gasteiger partial charge in [0, 0.05) is 21.4 Å². The molecule has 0 amide bonds. The average molecular weight is 348 g/mol. The van der Waals surface area contributed by atoms with Crippen LogP contribution in [0.15, 0.2) is 72.8 Å². The van der Waals surface area contributed by atoms with E-state index >= 15 is 0 Å². The molecular formula is C21H16O3S. The van der Waals surface area contributed by atoms with E-state index in [2.05, 4.69) is 12.1 Å². The number of carbonyl (C=O) groups is 2. The number of hydrogen-bond donors (Lipinski definition) is 0. The van der Waals surface area contributed by atoms with Crippen molar-refractivity contribution in [3.63, 3.8) is 0 Å². The summed E-state index contributed by atoms with van der Waals surface area (Å²) in [5.74, 6) is -0.0641. The summed E-state index contributed by atoms with van der Waals surface area (Å²) < 4.78 is 5.23. The van der Waals surface area contributed by atoms with Gasteiger partial charge in [-0.25, -0.2) is 4.79 Å². The first-order chi connectivity index (χ1) is 12.1. The van der Waals surface area contributed by atoms with Crippen LogP contribution >= 0.6 is 11.3 Å². The quantitative estimate of drug-likeness (QED) is 0.274. The molecule has 124 valence electrons. The van der Waals surface area contributed by atoms with Gasteiger partial charge in [-0.05, 0) is 55.0 Å². The summed E-state index contributed by atoms with van der Waals surface area (Å²) in [6.45, 7) is 1.49. The van der Waals surface area contributed by atoms with Crippen LogP contribution in [0.1, 0.15) is 22.2 Å². The Morgan fingerprint density at radius 3 is 2.32 bits per heavy atom. The predicted octanol–water partition coefficient (Wildman–Crippen LogP) is 5.24. The molecule has 0 fully saturated rings. The van der Waals surface area contributed by atoms with Gasteiger partial charge in [-0.2, -0.15) is 0 Å². The lowest BCUT2D eigenvalue weighted by molar-refractivity contribution is -0.128. The van der Waals surface area contributed by atoms with Crippen LogP contribution in [-0.4, -0.2) is 11.8 Å². The molecule has 0 bridgehead atoms. The molecule has 1 heterocycles. The lowest BCUT2D eigenvalue weighted by Crippen LogP contribution is -2.03. The molecule has 0 aliphatic heterocycles. The van der Waals surface area contributed by atoms with Crippen molar-refractivity contribution in [3.8, 4) is 16.2 Å². The van der Waals surface area contributed by atoms with E-state index in [1.807, 2.05) is 30.3 Å². The third-order valence-electron chi connectivity index (χ3n) is 3.55. The SMILES string of the molecule is CC(=O)c1ccc(OC(=O)/C=C/c2ccc(-c3ccccc3)s2)cc1. The maximum Gasteiger partial charge on any atom is 0.336 e. The summed E-state index contributed by atoms with van der Waals surface area (Å²) in [5, 5.41) is 0. The molecule has 3 aromatic rings. The fourth-order valence-corrected chi connectivity index (χ4v) is 3.17. The van der Waals surface area contributed by atoms with E-state index in [0.717, 1.165) is 15.3 Å². The van der Waals surface area contributed by atoms with Gasteiger partial charge in [0.05, 0.1) is 0 Å². The van der Waals surface area contributed by atoms with Crippen LogP contribution in [0.4, 0.5) is 0 Å². The second-order valence-corrected chi connectivity index (χ2v) is 6.52. The minimum Gasteiger partial charge on any atom is -0.423 e. The molecule has 0 unspecified atom stereocenters. The van der Waals surface area contributed by atoms with Crippen LogP contribution < -0.4 is 4.74 Å². The minimum atomic E-state index is -0.453. The number of rotatable bonds is 5. The molecular weight excluding hydrogens is 332 g/mol. The van der Waals surface area contributed by atoms with Crippen LogP contribution in [0.5, 0.6) is 5.75 Å². The van der Waals surface area contributed by atoms with Crippen molar-refractivity contribution in [3.05, 3.63) is 83.2 Å². The van der Waals surface area contributed by atoms with Gasteiger partial charge in [-0.3, -0.25) is 4.79 Å². The standard InChI is InChI=1S/C21H16O3S/c1-15(22)16-7-9-18(10-8-16)24-21(23)14-12-19-11-13-20(25-19)17-5-3-2-4-6-17/h2-14H,1H3/b14-12+. The van der Waals surface area contributed by atoms with Gasteiger partial charge in [0.1, 0.15) is 5.75 Å². The molecule has 0 saturated carbocycles. The molecule has 2 aromatic carbocycles. The third-order valence-corrected chi connectivity index (χ3v) is 4.65. The second kappa shape index (κ2) is 7.73. The van der Waals surface area contributed by atoms with Crippen molar-refractivity contribution in [2.24, 2.45) is 0 Å². The Morgan fingerprint density at radius 1 is 0.920 bits per heavy atom. The zero-order valence-corrected chi connectivity index (χ0v) is 14.5. The highest BCUT2D eigenvalue weighted by atomic mass is 32.1. The van der Waals surface area contributed by atoms with Crippen LogP contribution in [0, 0.1) is 0 Å². The molecule has 3 nitrogen and oxygen atoms in total. The number of ether oxygens (including phenoxy) is 1. The van der Waals surface area contributed by atoms with Gasteiger partial charge in [0.15, 0.2) is 5.78 Å². The lowest BCUT2D eigenvalue weighted by Gasteiger charge is -2.01. The summed E-state index contributed by atoms with van der Waals surface area (Å²) in [4.78, 5) is 25.3. The Hall–Kier alpha value is -2.98. The first-order valence-electron chi connectivity index (χ1n) is 7.78. The molecule has 0 N–H and O–H groups in total. The van der Waals surface area contributed by atoms with Crippen LogP contribution in [0.25, 0.3) is 16.5 Å². The summed E-state index contributed by atoms with van der Waals surface area (Å²) >= 11 is 1.61. The number of Topliss-reactive ketones (excluding diaryl/α,β-unsaturated/α-hetero) is 1. The van der Waals surface area contributed by atoms with E-state index in [9.17, 15) is 9.59 Å². The molecule has 0 aliphatic rings. The molecule has 0 spiro atoms. The van der Waals surface area contributed by atoms with Crippen molar-refractivity contribution >= 4 is 29.2 Å². The molecule has 4 heteroatoms. The number of esters is 1. The second-order valence-electron chi connectivity index (χ2n) is 5.40. The summed E-state index contributed by atoms with van der Waals surface area (Å²) in [6, 6.07) is 20.6. The number of carbonyl (C=O) groups excluding carboxylic acids is 2. The van der Waals surface area contributed by atoms with Crippen molar-refractivity contribution in [2.45, 2.75) is 6.92 Å². The van der Waals surface area contributed by atoms with E-state index in [1.165, 1.54) is 13.0 Å². The first kappa shape index (κ1) is 16.9. The van der Waals surface area contributed by atoms with E-state index in [4.69, 9.17) is 4.74 Å². The maximum absolute atomic E-state index is 11.9. The topological polar surface area (TPSA) is 43.4 Å². The highest BCUT2D eigenvalue weighted by Crippen LogP contribution is 2.28. The molecule has 0 radical (unpaired) electrons. The van der Waals surface area contributed by atoms with Gasteiger partial charge < -0.3 is 4.74 Å². The number of benzene rings is 2. The molecule has 0 aliphatic carbocycles. The summed E-state index contributed by atoms with van der Waals surface area (Å²) in [7, 11) is 0. The van der Waals surface area contributed by atoms with Gasteiger partial charge in [0.25, 0.3) is 0 Å². The van der Waals surface area contributed by atoms with Crippen LogP contribution in [0.3, 0.4) is 0 Å². The number of thiophene rings is 1. The Bertz CT molecular complexity index is 906. The zero-order valence-electron chi connectivity index (χ0n) is 13.6. The van der Waals surface area contributed by atoms with Crippen molar-refractivity contribution in [2.75, 3.05) is 0 Å². The summed E-state index contributed by atoms with van der Waals surface area (Å²) in [6.07, 6.45) is 3.14.